The van der Waals surface area contributed by atoms with Crippen LogP contribution in [0.2, 0.25) is 0 Å². The summed E-state index contributed by atoms with van der Waals surface area (Å²) in [5, 5.41) is 0.0551. The van der Waals surface area contributed by atoms with Crippen molar-refractivity contribution in [2.45, 2.75) is 11.7 Å². The molecule has 0 aromatic heterocycles. The van der Waals surface area contributed by atoms with Crippen LogP contribution in [0.25, 0.3) is 0 Å². The number of amides is 1. The van der Waals surface area contributed by atoms with E-state index < -0.39 is 9.84 Å². The van der Waals surface area contributed by atoms with Crippen LogP contribution in [0, 0.1) is 5.82 Å². The van der Waals surface area contributed by atoms with Gasteiger partial charge in [-0.15, -0.1) is 11.8 Å². The maximum absolute atomic E-state index is 13.0. The van der Waals surface area contributed by atoms with Crippen molar-refractivity contribution in [1.82, 2.24) is 4.90 Å². The number of nitrogens with zero attached hydrogens (tertiary/aromatic N) is 2. The average molecular weight is 372 g/mol. The van der Waals surface area contributed by atoms with Crippen molar-refractivity contribution < 1.29 is 17.6 Å². The molecule has 2 saturated heterocycles. The molecule has 1 atom stereocenters. The van der Waals surface area contributed by atoms with Gasteiger partial charge in [0.15, 0.2) is 9.84 Å². The number of anilines is 1. The highest BCUT2D eigenvalue weighted by molar-refractivity contribution is 8.02. The van der Waals surface area contributed by atoms with Crippen molar-refractivity contribution in [2.24, 2.45) is 0 Å². The van der Waals surface area contributed by atoms with Gasteiger partial charge in [-0.3, -0.25) is 4.79 Å². The minimum atomic E-state index is -2.89. The molecule has 2 aliphatic heterocycles. The highest BCUT2D eigenvalue weighted by Crippen LogP contribution is 2.25. The Morgan fingerprint density at radius 1 is 1.17 bits per heavy atom. The van der Waals surface area contributed by atoms with E-state index in [1.165, 1.54) is 23.9 Å². The number of thioether (sulfide) groups is 1. The number of halogens is 1. The fourth-order valence-corrected chi connectivity index (χ4v) is 6.58. The lowest BCUT2D eigenvalue weighted by atomic mass is 10.2. The van der Waals surface area contributed by atoms with E-state index in [0.29, 0.717) is 25.3 Å². The summed E-state index contributed by atoms with van der Waals surface area (Å²) < 4.78 is 35.9. The lowest BCUT2D eigenvalue weighted by molar-refractivity contribution is -0.128. The van der Waals surface area contributed by atoms with Crippen LogP contribution >= 0.6 is 11.8 Å². The van der Waals surface area contributed by atoms with Crippen molar-refractivity contribution >= 4 is 33.2 Å². The minimum absolute atomic E-state index is 0.0551. The first-order valence-electron chi connectivity index (χ1n) is 8.03. The van der Waals surface area contributed by atoms with Gasteiger partial charge >= 0.3 is 0 Å². The van der Waals surface area contributed by atoms with Crippen LogP contribution in [0.15, 0.2) is 24.3 Å². The third-order valence-corrected chi connectivity index (χ3v) is 7.72. The molecule has 1 amide bonds. The van der Waals surface area contributed by atoms with Gasteiger partial charge < -0.3 is 9.80 Å². The molecule has 0 saturated carbocycles. The van der Waals surface area contributed by atoms with Gasteiger partial charge in [-0.25, -0.2) is 12.8 Å². The number of hydrogen-bond acceptors (Lipinski definition) is 5. The van der Waals surface area contributed by atoms with Gasteiger partial charge in [-0.05, 0) is 30.7 Å². The maximum Gasteiger partial charge on any atom is 0.232 e. The molecule has 1 aromatic rings. The summed E-state index contributed by atoms with van der Waals surface area (Å²) in [7, 11) is -2.89. The number of carbonyl (C=O) groups is 1. The summed E-state index contributed by atoms with van der Waals surface area (Å²) in [6, 6.07) is 6.39. The van der Waals surface area contributed by atoms with Gasteiger partial charge in [-0.1, -0.05) is 0 Å². The minimum Gasteiger partial charge on any atom is -0.368 e. The Morgan fingerprint density at radius 2 is 1.83 bits per heavy atom. The van der Waals surface area contributed by atoms with Gasteiger partial charge in [0, 0.05) is 37.1 Å². The summed E-state index contributed by atoms with van der Waals surface area (Å²) in [5.41, 5.74) is 0.967. The van der Waals surface area contributed by atoms with E-state index in [-0.39, 0.29) is 28.5 Å². The molecule has 24 heavy (non-hydrogen) atoms. The van der Waals surface area contributed by atoms with Crippen LogP contribution in [-0.4, -0.2) is 67.9 Å². The number of hydrogen-bond donors (Lipinski definition) is 0. The van der Waals surface area contributed by atoms with Crippen LogP contribution in [0.3, 0.4) is 0 Å². The zero-order chi connectivity index (χ0) is 17.2. The molecule has 2 fully saturated rings. The molecule has 0 aliphatic carbocycles. The Hall–Kier alpha value is -1.28. The molecule has 0 spiro atoms. The van der Waals surface area contributed by atoms with E-state index in [9.17, 15) is 17.6 Å². The van der Waals surface area contributed by atoms with Crippen LogP contribution in [-0.2, 0) is 14.6 Å². The molecule has 8 heteroatoms. The molecule has 0 bridgehead atoms. The highest BCUT2D eigenvalue weighted by Gasteiger charge is 2.29. The quantitative estimate of drug-likeness (QED) is 0.800. The molecule has 1 aromatic carbocycles. The van der Waals surface area contributed by atoms with E-state index in [0.717, 1.165) is 18.8 Å². The summed E-state index contributed by atoms with van der Waals surface area (Å²) >= 11 is 1.46. The monoisotopic (exact) mass is 372 g/mol. The second-order valence-electron chi connectivity index (χ2n) is 6.18. The molecule has 132 valence electrons. The summed E-state index contributed by atoms with van der Waals surface area (Å²) in [4.78, 5) is 16.3. The van der Waals surface area contributed by atoms with Crippen molar-refractivity contribution in [3.8, 4) is 0 Å². The van der Waals surface area contributed by atoms with Gasteiger partial charge in [0.25, 0.3) is 0 Å². The van der Waals surface area contributed by atoms with Crippen molar-refractivity contribution in [1.29, 1.82) is 0 Å². The Labute approximate surface area is 146 Å². The van der Waals surface area contributed by atoms with Crippen LogP contribution in [0.1, 0.15) is 6.42 Å². The number of piperazine rings is 1. The molecular formula is C16H21FN2O3S2. The fourth-order valence-electron chi connectivity index (χ4n) is 3.04. The fraction of sp³-hybridized carbons (Fsp3) is 0.562. The standard InChI is InChI=1S/C16H21FN2O3S2/c17-13-1-3-14(4-2-13)18-6-8-19(9-7-18)16(20)11-23-15-5-10-24(21,22)12-15/h1-4,15H,5-12H2/t15-/m1/s1. The SMILES string of the molecule is O=C(CS[C@@H]1CCS(=O)(=O)C1)N1CCN(c2ccc(F)cc2)CC1. The Balaban J connectivity index is 1.44. The summed E-state index contributed by atoms with van der Waals surface area (Å²) in [6.45, 7) is 2.72. The van der Waals surface area contributed by atoms with Crippen molar-refractivity contribution in [3.63, 3.8) is 0 Å². The number of benzene rings is 1. The van der Waals surface area contributed by atoms with E-state index in [1.807, 2.05) is 4.90 Å². The predicted octanol–water partition coefficient (Wildman–Crippen LogP) is 1.39. The van der Waals surface area contributed by atoms with E-state index in [4.69, 9.17) is 0 Å². The lowest BCUT2D eigenvalue weighted by Crippen LogP contribution is -2.49. The van der Waals surface area contributed by atoms with Gasteiger partial charge in [0.2, 0.25) is 5.91 Å². The van der Waals surface area contributed by atoms with E-state index >= 15 is 0 Å². The first-order chi connectivity index (χ1) is 11.4. The van der Waals surface area contributed by atoms with Gasteiger partial charge in [0.05, 0.1) is 17.3 Å². The number of sulfone groups is 1. The predicted molar refractivity (Wildman–Crippen MR) is 94.7 cm³/mol. The molecule has 0 N–H and O–H groups in total. The smallest absolute Gasteiger partial charge is 0.232 e. The number of carbonyl (C=O) groups excluding carboxylic acids is 1. The first-order valence-corrected chi connectivity index (χ1v) is 10.9. The molecule has 5 nitrogen and oxygen atoms in total. The molecule has 3 rings (SSSR count). The third kappa shape index (κ3) is 4.42. The Morgan fingerprint density at radius 3 is 2.42 bits per heavy atom. The third-order valence-electron chi connectivity index (χ3n) is 4.46. The Kier molecular flexibility index (Phi) is 5.34. The summed E-state index contributed by atoms with van der Waals surface area (Å²) in [5.74, 6) is 0.608. The number of rotatable bonds is 4. The second kappa shape index (κ2) is 7.31. The molecule has 0 radical (unpaired) electrons. The second-order valence-corrected chi connectivity index (χ2v) is 9.70. The highest BCUT2D eigenvalue weighted by atomic mass is 32.2. The maximum atomic E-state index is 13.0. The van der Waals surface area contributed by atoms with Crippen LogP contribution in [0.4, 0.5) is 10.1 Å². The van der Waals surface area contributed by atoms with Crippen LogP contribution in [0.5, 0.6) is 0 Å². The molecular weight excluding hydrogens is 351 g/mol. The van der Waals surface area contributed by atoms with Gasteiger partial charge in [0.1, 0.15) is 5.82 Å². The van der Waals surface area contributed by atoms with Crippen molar-refractivity contribution in [2.75, 3.05) is 48.3 Å². The average Bonchev–Trinajstić information content (AvgIpc) is 2.93. The topological polar surface area (TPSA) is 57.7 Å². The lowest BCUT2D eigenvalue weighted by Gasteiger charge is -2.36. The normalized spacial score (nSPS) is 23.5. The van der Waals surface area contributed by atoms with E-state index in [1.54, 1.807) is 12.1 Å². The molecule has 2 heterocycles. The van der Waals surface area contributed by atoms with Crippen LogP contribution < -0.4 is 4.90 Å². The summed E-state index contributed by atoms with van der Waals surface area (Å²) in [6.07, 6.45) is 0.651. The van der Waals surface area contributed by atoms with E-state index in [2.05, 4.69) is 4.90 Å². The largest absolute Gasteiger partial charge is 0.368 e. The van der Waals surface area contributed by atoms with Gasteiger partial charge in [-0.2, -0.15) is 0 Å². The van der Waals surface area contributed by atoms with Crippen molar-refractivity contribution in [3.05, 3.63) is 30.1 Å². The Bertz CT molecular complexity index is 686. The zero-order valence-electron chi connectivity index (χ0n) is 13.4. The molecule has 0 unspecified atom stereocenters. The first kappa shape index (κ1) is 17.5. The molecule has 2 aliphatic rings. The zero-order valence-corrected chi connectivity index (χ0v) is 15.0.